The van der Waals surface area contributed by atoms with Crippen molar-refractivity contribution in [2.45, 2.75) is 6.04 Å². The Morgan fingerprint density at radius 1 is 1.06 bits per heavy atom. The molecule has 0 aliphatic rings. The van der Waals surface area contributed by atoms with Gasteiger partial charge in [0.25, 0.3) is 0 Å². The maximum Gasteiger partial charge on any atom is 0.170 e. The van der Waals surface area contributed by atoms with Crippen LogP contribution in [0.15, 0.2) is 42.5 Å². The van der Waals surface area contributed by atoms with Crippen LogP contribution < -0.4 is 10.5 Å². The lowest BCUT2D eigenvalue weighted by molar-refractivity contribution is 0.383. The van der Waals surface area contributed by atoms with Gasteiger partial charge < -0.3 is 10.5 Å². The summed E-state index contributed by atoms with van der Waals surface area (Å²) in [5, 5.41) is 0. The predicted octanol–water partition coefficient (Wildman–Crippen LogP) is 3.02. The number of nitrogens with two attached hydrogens (primary N) is 1. The van der Waals surface area contributed by atoms with E-state index in [1.54, 1.807) is 24.3 Å². The lowest BCUT2D eigenvalue weighted by atomic mass is 9.99. The van der Waals surface area contributed by atoms with E-state index in [4.69, 9.17) is 10.5 Å². The lowest BCUT2D eigenvalue weighted by Crippen LogP contribution is -2.14. The van der Waals surface area contributed by atoms with Crippen LogP contribution in [-0.4, -0.2) is 7.11 Å². The quantitative estimate of drug-likeness (QED) is 0.907. The van der Waals surface area contributed by atoms with Crippen LogP contribution in [0.3, 0.4) is 0 Å². The van der Waals surface area contributed by atoms with Crippen molar-refractivity contribution in [2.24, 2.45) is 5.73 Å². The molecule has 0 spiro atoms. The van der Waals surface area contributed by atoms with Gasteiger partial charge in [0.15, 0.2) is 11.6 Å². The fourth-order valence-electron chi connectivity index (χ4n) is 1.78. The minimum Gasteiger partial charge on any atom is -0.494 e. The molecular weight excluding hydrogens is 236 g/mol. The van der Waals surface area contributed by atoms with E-state index < -0.39 is 11.9 Å². The number of methoxy groups -OCH3 is 1. The van der Waals surface area contributed by atoms with Crippen molar-refractivity contribution in [3.63, 3.8) is 0 Å². The second kappa shape index (κ2) is 5.14. The van der Waals surface area contributed by atoms with Crippen LogP contribution in [0, 0.1) is 11.6 Å². The van der Waals surface area contributed by atoms with Gasteiger partial charge in [-0.05, 0) is 23.8 Å². The highest BCUT2D eigenvalue weighted by molar-refractivity contribution is 5.38. The number of hydrogen-bond acceptors (Lipinski definition) is 2. The molecule has 0 bridgehead atoms. The Labute approximate surface area is 104 Å². The number of rotatable bonds is 3. The predicted molar refractivity (Wildman–Crippen MR) is 65.4 cm³/mol. The van der Waals surface area contributed by atoms with Gasteiger partial charge in [-0.3, -0.25) is 0 Å². The fraction of sp³-hybridized carbons (Fsp3) is 0.143. The van der Waals surface area contributed by atoms with Crippen molar-refractivity contribution in [2.75, 3.05) is 7.11 Å². The highest BCUT2D eigenvalue weighted by Gasteiger charge is 2.16. The van der Waals surface area contributed by atoms with Crippen molar-refractivity contribution in [3.05, 3.63) is 65.2 Å². The fourth-order valence-corrected chi connectivity index (χ4v) is 1.78. The second-order valence-corrected chi connectivity index (χ2v) is 3.89. The number of halogens is 2. The molecule has 94 valence electrons. The van der Waals surface area contributed by atoms with Crippen LogP contribution in [-0.2, 0) is 0 Å². The first-order chi connectivity index (χ1) is 8.63. The van der Waals surface area contributed by atoms with Gasteiger partial charge >= 0.3 is 0 Å². The number of ether oxygens (including phenoxy) is 1. The molecule has 18 heavy (non-hydrogen) atoms. The van der Waals surface area contributed by atoms with E-state index >= 15 is 0 Å². The van der Waals surface area contributed by atoms with Gasteiger partial charge in [-0.15, -0.1) is 0 Å². The molecule has 0 saturated carbocycles. The maximum absolute atomic E-state index is 14.0. The highest BCUT2D eigenvalue weighted by Crippen LogP contribution is 2.27. The Morgan fingerprint density at radius 2 is 1.72 bits per heavy atom. The number of benzene rings is 2. The smallest absolute Gasteiger partial charge is 0.170 e. The second-order valence-electron chi connectivity index (χ2n) is 3.89. The summed E-state index contributed by atoms with van der Waals surface area (Å²) in [6, 6.07) is 9.81. The molecule has 2 aromatic rings. The molecule has 1 atom stereocenters. The molecule has 2 aromatic carbocycles. The zero-order chi connectivity index (χ0) is 13.1. The topological polar surface area (TPSA) is 35.2 Å². The average Bonchev–Trinajstić information content (AvgIpc) is 2.39. The largest absolute Gasteiger partial charge is 0.494 e. The molecule has 1 unspecified atom stereocenters. The molecule has 0 aromatic heterocycles. The van der Waals surface area contributed by atoms with E-state index in [-0.39, 0.29) is 11.6 Å². The molecule has 0 heterocycles. The van der Waals surface area contributed by atoms with E-state index in [0.29, 0.717) is 11.1 Å². The molecule has 0 aliphatic heterocycles. The third-order valence-corrected chi connectivity index (χ3v) is 2.78. The Balaban J connectivity index is 2.39. The summed E-state index contributed by atoms with van der Waals surface area (Å²) >= 11 is 0. The molecule has 0 fully saturated rings. The first kappa shape index (κ1) is 12.5. The summed E-state index contributed by atoms with van der Waals surface area (Å²) < 4.78 is 31.7. The summed E-state index contributed by atoms with van der Waals surface area (Å²) in [5.41, 5.74) is 6.94. The zero-order valence-corrected chi connectivity index (χ0v) is 9.86. The Kier molecular flexibility index (Phi) is 3.58. The molecule has 0 saturated heterocycles. The highest BCUT2D eigenvalue weighted by atomic mass is 19.1. The van der Waals surface area contributed by atoms with Gasteiger partial charge in [-0.25, -0.2) is 8.78 Å². The molecule has 0 amide bonds. The van der Waals surface area contributed by atoms with Gasteiger partial charge in [-0.2, -0.15) is 0 Å². The van der Waals surface area contributed by atoms with E-state index in [2.05, 4.69) is 0 Å². The molecule has 2 N–H and O–H groups in total. The minimum atomic E-state index is -0.652. The SMILES string of the molecule is COc1cccc(C(N)c2ccc(F)cc2)c1F. The van der Waals surface area contributed by atoms with E-state index in [1.165, 1.54) is 25.3 Å². The van der Waals surface area contributed by atoms with Gasteiger partial charge in [0.05, 0.1) is 13.2 Å². The molecular formula is C14H13F2NO. The van der Waals surface area contributed by atoms with Crippen LogP contribution in [0.25, 0.3) is 0 Å². The molecule has 4 heteroatoms. The van der Waals surface area contributed by atoms with E-state index in [0.717, 1.165) is 0 Å². The van der Waals surface area contributed by atoms with E-state index in [9.17, 15) is 8.78 Å². The first-order valence-corrected chi connectivity index (χ1v) is 5.47. The molecule has 0 radical (unpaired) electrons. The van der Waals surface area contributed by atoms with Crippen LogP contribution in [0.2, 0.25) is 0 Å². The van der Waals surface area contributed by atoms with Crippen molar-refractivity contribution < 1.29 is 13.5 Å². The third kappa shape index (κ3) is 2.33. The monoisotopic (exact) mass is 249 g/mol. The van der Waals surface area contributed by atoms with Crippen molar-refractivity contribution in [1.82, 2.24) is 0 Å². The number of hydrogen-bond donors (Lipinski definition) is 1. The average molecular weight is 249 g/mol. The summed E-state index contributed by atoms with van der Waals surface area (Å²) in [5.74, 6) is -0.695. The van der Waals surface area contributed by atoms with Gasteiger partial charge in [0.2, 0.25) is 0 Å². The summed E-state index contributed by atoms with van der Waals surface area (Å²) in [7, 11) is 1.39. The third-order valence-electron chi connectivity index (χ3n) is 2.78. The minimum absolute atomic E-state index is 0.144. The van der Waals surface area contributed by atoms with Crippen LogP contribution >= 0.6 is 0 Å². The Hall–Kier alpha value is -1.94. The normalized spacial score (nSPS) is 12.2. The van der Waals surface area contributed by atoms with Gasteiger partial charge in [0.1, 0.15) is 5.82 Å². The molecule has 0 aliphatic carbocycles. The van der Waals surface area contributed by atoms with Crippen LogP contribution in [0.4, 0.5) is 8.78 Å². The molecule has 2 nitrogen and oxygen atoms in total. The van der Waals surface area contributed by atoms with E-state index in [1.807, 2.05) is 0 Å². The maximum atomic E-state index is 14.0. The van der Waals surface area contributed by atoms with Gasteiger partial charge in [-0.1, -0.05) is 24.3 Å². The Bertz CT molecular complexity index is 540. The standard InChI is InChI=1S/C14H13F2NO/c1-18-12-4-2-3-11(13(12)16)14(17)9-5-7-10(15)8-6-9/h2-8,14H,17H2,1H3. The molecule has 2 rings (SSSR count). The lowest BCUT2D eigenvalue weighted by Gasteiger charge is -2.15. The summed E-state index contributed by atoms with van der Waals surface area (Å²) in [4.78, 5) is 0. The van der Waals surface area contributed by atoms with Crippen LogP contribution in [0.1, 0.15) is 17.2 Å². The first-order valence-electron chi connectivity index (χ1n) is 5.47. The summed E-state index contributed by atoms with van der Waals surface area (Å²) in [6.45, 7) is 0. The van der Waals surface area contributed by atoms with Gasteiger partial charge in [0, 0.05) is 5.56 Å². The Morgan fingerprint density at radius 3 is 2.33 bits per heavy atom. The summed E-state index contributed by atoms with van der Waals surface area (Å²) in [6.07, 6.45) is 0. The van der Waals surface area contributed by atoms with Crippen molar-refractivity contribution >= 4 is 0 Å². The zero-order valence-electron chi connectivity index (χ0n) is 9.86. The van der Waals surface area contributed by atoms with Crippen molar-refractivity contribution in [3.8, 4) is 5.75 Å². The van der Waals surface area contributed by atoms with Crippen LogP contribution in [0.5, 0.6) is 5.75 Å². The van der Waals surface area contributed by atoms with Crippen molar-refractivity contribution in [1.29, 1.82) is 0 Å².